The van der Waals surface area contributed by atoms with E-state index in [1.165, 1.54) is 6.42 Å². The van der Waals surface area contributed by atoms with E-state index in [-0.39, 0.29) is 0 Å². The highest BCUT2D eigenvalue weighted by atomic mass is 32.2. The summed E-state index contributed by atoms with van der Waals surface area (Å²) in [5.41, 5.74) is 0. The summed E-state index contributed by atoms with van der Waals surface area (Å²) in [4.78, 5) is 0.924. The maximum atomic E-state index is 11.8. The van der Waals surface area contributed by atoms with Gasteiger partial charge in [-0.2, -0.15) is 0 Å². The van der Waals surface area contributed by atoms with Gasteiger partial charge in [-0.05, 0) is 24.6 Å². The molecule has 90 valence electrons. The number of rotatable bonds is 7. The molecule has 0 aliphatic heterocycles. The SMILES string of the molecule is CCC(C)CNCCS(=O)c1ccccc1. The molecular formula is C13H21NOS. The number of benzene rings is 1. The van der Waals surface area contributed by atoms with E-state index < -0.39 is 10.8 Å². The Morgan fingerprint density at radius 1 is 1.31 bits per heavy atom. The van der Waals surface area contributed by atoms with E-state index in [0.29, 0.717) is 11.7 Å². The lowest BCUT2D eigenvalue weighted by molar-refractivity contribution is 0.510. The first-order valence-electron chi connectivity index (χ1n) is 5.88. The standard InChI is InChI=1S/C13H21NOS/c1-3-12(2)11-14-9-10-16(15)13-7-5-4-6-8-13/h4-8,12,14H,3,9-11H2,1-2H3. The molecule has 0 spiro atoms. The minimum Gasteiger partial charge on any atom is -0.316 e. The Morgan fingerprint density at radius 3 is 2.62 bits per heavy atom. The number of nitrogens with one attached hydrogen (secondary N) is 1. The zero-order chi connectivity index (χ0) is 11.8. The zero-order valence-corrected chi connectivity index (χ0v) is 10.9. The van der Waals surface area contributed by atoms with Gasteiger partial charge in [-0.1, -0.05) is 38.5 Å². The second-order valence-corrected chi connectivity index (χ2v) is 5.65. The maximum Gasteiger partial charge on any atom is 0.0542 e. The van der Waals surface area contributed by atoms with E-state index >= 15 is 0 Å². The predicted molar refractivity (Wildman–Crippen MR) is 70.0 cm³/mol. The van der Waals surface area contributed by atoms with Gasteiger partial charge >= 0.3 is 0 Å². The monoisotopic (exact) mass is 239 g/mol. The van der Waals surface area contributed by atoms with Crippen molar-refractivity contribution < 1.29 is 4.21 Å². The Morgan fingerprint density at radius 2 is 2.00 bits per heavy atom. The van der Waals surface area contributed by atoms with Crippen molar-refractivity contribution in [1.82, 2.24) is 5.32 Å². The largest absolute Gasteiger partial charge is 0.316 e. The fourth-order valence-corrected chi connectivity index (χ4v) is 2.37. The van der Waals surface area contributed by atoms with Crippen LogP contribution < -0.4 is 5.32 Å². The quantitative estimate of drug-likeness (QED) is 0.740. The first-order valence-corrected chi connectivity index (χ1v) is 7.20. The molecule has 1 N–H and O–H groups in total. The Labute approximate surface area is 101 Å². The topological polar surface area (TPSA) is 29.1 Å². The smallest absolute Gasteiger partial charge is 0.0542 e. The van der Waals surface area contributed by atoms with Gasteiger partial charge in [0.15, 0.2) is 0 Å². The van der Waals surface area contributed by atoms with Crippen LogP contribution in [0.15, 0.2) is 35.2 Å². The molecule has 0 amide bonds. The molecule has 0 radical (unpaired) electrons. The average Bonchev–Trinajstić information content (AvgIpc) is 2.35. The van der Waals surface area contributed by atoms with Crippen LogP contribution in [0.4, 0.5) is 0 Å². The summed E-state index contributed by atoms with van der Waals surface area (Å²) < 4.78 is 11.8. The van der Waals surface area contributed by atoms with E-state index in [4.69, 9.17) is 0 Å². The van der Waals surface area contributed by atoms with Crippen molar-refractivity contribution in [2.75, 3.05) is 18.8 Å². The lowest BCUT2D eigenvalue weighted by atomic mass is 10.1. The normalized spacial score (nSPS) is 14.6. The summed E-state index contributed by atoms with van der Waals surface area (Å²) in [6, 6.07) is 9.65. The molecule has 1 aromatic rings. The van der Waals surface area contributed by atoms with Crippen LogP contribution in [0.1, 0.15) is 20.3 Å². The molecule has 0 bridgehead atoms. The third-order valence-corrected chi connectivity index (χ3v) is 4.03. The van der Waals surface area contributed by atoms with Crippen molar-refractivity contribution in [3.8, 4) is 0 Å². The van der Waals surface area contributed by atoms with Gasteiger partial charge in [0.05, 0.1) is 10.8 Å². The molecule has 0 saturated carbocycles. The molecule has 0 aliphatic carbocycles. The fourth-order valence-electron chi connectivity index (χ4n) is 1.35. The van der Waals surface area contributed by atoms with Crippen molar-refractivity contribution in [3.05, 3.63) is 30.3 Å². The Hall–Kier alpha value is -0.670. The molecule has 0 heterocycles. The summed E-state index contributed by atoms with van der Waals surface area (Å²) in [7, 11) is -0.863. The van der Waals surface area contributed by atoms with Gasteiger partial charge in [-0.25, -0.2) is 0 Å². The van der Waals surface area contributed by atoms with Gasteiger partial charge in [0.2, 0.25) is 0 Å². The van der Waals surface area contributed by atoms with Crippen LogP contribution in [-0.2, 0) is 10.8 Å². The Balaban J connectivity index is 2.21. The zero-order valence-electron chi connectivity index (χ0n) is 10.1. The molecule has 3 heteroatoms. The maximum absolute atomic E-state index is 11.8. The van der Waals surface area contributed by atoms with E-state index in [0.717, 1.165) is 18.0 Å². The lowest BCUT2D eigenvalue weighted by Crippen LogP contribution is -2.25. The third kappa shape index (κ3) is 4.90. The summed E-state index contributed by atoms with van der Waals surface area (Å²) in [5, 5.41) is 3.34. The summed E-state index contributed by atoms with van der Waals surface area (Å²) in [6.45, 7) is 6.25. The molecule has 0 fully saturated rings. The summed E-state index contributed by atoms with van der Waals surface area (Å²) >= 11 is 0. The van der Waals surface area contributed by atoms with E-state index in [2.05, 4.69) is 19.2 Å². The molecule has 0 saturated heterocycles. The fraction of sp³-hybridized carbons (Fsp3) is 0.538. The molecule has 1 aromatic carbocycles. The van der Waals surface area contributed by atoms with E-state index in [1.54, 1.807) is 0 Å². The van der Waals surface area contributed by atoms with Crippen molar-refractivity contribution in [1.29, 1.82) is 0 Å². The molecule has 0 aliphatic rings. The Bertz CT molecular complexity index is 313. The lowest BCUT2D eigenvalue weighted by Gasteiger charge is -2.09. The molecule has 0 aromatic heterocycles. The first kappa shape index (κ1) is 13.4. The van der Waals surface area contributed by atoms with Gasteiger partial charge < -0.3 is 5.32 Å². The number of hydrogen-bond donors (Lipinski definition) is 1. The Kier molecular flexibility index (Phi) is 6.34. The van der Waals surface area contributed by atoms with Gasteiger partial charge in [0.1, 0.15) is 0 Å². The van der Waals surface area contributed by atoms with Crippen LogP contribution in [0.3, 0.4) is 0 Å². The molecule has 2 atom stereocenters. The number of hydrogen-bond acceptors (Lipinski definition) is 2. The van der Waals surface area contributed by atoms with Crippen molar-refractivity contribution >= 4 is 10.8 Å². The third-order valence-electron chi connectivity index (χ3n) is 2.66. The molecule has 2 nitrogen and oxygen atoms in total. The first-order chi connectivity index (χ1) is 7.74. The van der Waals surface area contributed by atoms with Crippen LogP contribution in [-0.4, -0.2) is 23.1 Å². The van der Waals surface area contributed by atoms with Gasteiger partial charge in [0.25, 0.3) is 0 Å². The summed E-state index contributed by atoms with van der Waals surface area (Å²) in [5.74, 6) is 1.39. The minimum atomic E-state index is -0.863. The van der Waals surface area contributed by atoms with E-state index in [1.807, 2.05) is 30.3 Å². The highest BCUT2D eigenvalue weighted by molar-refractivity contribution is 7.85. The molecule has 1 rings (SSSR count). The highest BCUT2D eigenvalue weighted by Gasteiger charge is 2.02. The summed E-state index contributed by atoms with van der Waals surface area (Å²) in [6.07, 6.45) is 1.19. The molecular weight excluding hydrogens is 218 g/mol. The van der Waals surface area contributed by atoms with Crippen LogP contribution in [0.25, 0.3) is 0 Å². The second-order valence-electron chi connectivity index (χ2n) is 4.08. The van der Waals surface area contributed by atoms with Crippen LogP contribution >= 0.6 is 0 Å². The van der Waals surface area contributed by atoms with Crippen molar-refractivity contribution in [3.63, 3.8) is 0 Å². The van der Waals surface area contributed by atoms with Crippen LogP contribution in [0.5, 0.6) is 0 Å². The van der Waals surface area contributed by atoms with Crippen LogP contribution in [0, 0.1) is 5.92 Å². The molecule has 16 heavy (non-hydrogen) atoms. The van der Waals surface area contributed by atoms with Crippen molar-refractivity contribution in [2.45, 2.75) is 25.2 Å². The predicted octanol–water partition coefficient (Wildman–Crippen LogP) is 2.43. The van der Waals surface area contributed by atoms with Crippen molar-refractivity contribution in [2.24, 2.45) is 5.92 Å². The molecule has 2 unspecified atom stereocenters. The minimum absolute atomic E-state index is 0.695. The van der Waals surface area contributed by atoms with Gasteiger partial charge in [0, 0.05) is 17.2 Å². The second kappa shape index (κ2) is 7.58. The average molecular weight is 239 g/mol. The van der Waals surface area contributed by atoms with E-state index in [9.17, 15) is 4.21 Å². The van der Waals surface area contributed by atoms with Gasteiger partial charge in [-0.3, -0.25) is 4.21 Å². The highest BCUT2D eigenvalue weighted by Crippen LogP contribution is 2.04. The van der Waals surface area contributed by atoms with Gasteiger partial charge in [-0.15, -0.1) is 0 Å². The van der Waals surface area contributed by atoms with Crippen LogP contribution in [0.2, 0.25) is 0 Å².